The van der Waals surface area contributed by atoms with E-state index in [2.05, 4.69) is 10.2 Å². The fourth-order valence-electron chi connectivity index (χ4n) is 3.02. The third-order valence-corrected chi connectivity index (χ3v) is 6.13. The highest BCUT2D eigenvalue weighted by Crippen LogP contribution is 2.26. The number of rotatable bonds is 5. The molecule has 1 aliphatic heterocycles. The van der Waals surface area contributed by atoms with Gasteiger partial charge in [0.1, 0.15) is 5.75 Å². The van der Waals surface area contributed by atoms with E-state index in [4.69, 9.17) is 4.74 Å². The molecule has 0 spiro atoms. The van der Waals surface area contributed by atoms with Crippen molar-refractivity contribution in [2.24, 2.45) is 5.92 Å². The van der Waals surface area contributed by atoms with Gasteiger partial charge >= 0.3 is 0 Å². The number of ether oxygens (including phenoxy) is 1. The second-order valence-corrected chi connectivity index (χ2v) is 7.77. The first-order chi connectivity index (χ1) is 11.1. The highest BCUT2D eigenvalue weighted by molar-refractivity contribution is 7.89. The van der Waals surface area contributed by atoms with Gasteiger partial charge in [-0.1, -0.05) is 0 Å². The smallest absolute Gasteiger partial charge is 0.243 e. The first-order valence-corrected chi connectivity index (χ1v) is 9.16. The lowest BCUT2D eigenvalue weighted by Gasteiger charge is -2.31. The minimum absolute atomic E-state index is 0.317. The average Bonchev–Trinajstić information content (AvgIpc) is 3.08. The molecular formula is C16H21N3O3S. The van der Waals surface area contributed by atoms with E-state index >= 15 is 0 Å². The van der Waals surface area contributed by atoms with E-state index in [0.717, 1.165) is 25.0 Å². The zero-order chi connectivity index (χ0) is 16.3. The molecule has 1 aliphatic rings. The second-order valence-electron chi connectivity index (χ2n) is 5.83. The first kappa shape index (κ1) is 16.0. The molecule has 1 fully saturated rings. The van der Waals surface area contributed by atoms with Gasteiger partial charge < -0.3 is 4.74 Å². The Morgan fingerprint density at radius 2 is 2.09 bits per heavy atom. The van der Waals surface area contributed by atoms with Crippen LogP contribution in [-0.4, -0.2) is 43.1 Å². The van der Waals surface area contributed by atoms with Gasteiger partial charge in [0.2, 0.25) is 10.0 Å². The number of aromatic amines is 1. The largest absolute Gasteiger partial charge is 0.497 e. The molecule has 2 aromatic rings. The molecule has 6 nitrogen and oxygen atoms in total. The Kier molecular flexibility index (Phi) is 4.68. The molecule has 7 heteroatoms. The summed E-state index contributed by atoms with van der Waals surface area (Å²) in [6, 6.07) is 8.51. The van der Waals surface area contributed by atoms with E-state index in [9.17, 15) is 8.42 Å². The molecule has 0 saturated carbocycles. The van der Waals surface area contributed by atoms with Crippen LogP contribution in [-0.2, 0) is 16.4 Å². The minimum Gasteiger partial charge on any atom is -0.497 e. The summed E-state index contributed by atoms with van der Waals surface area (Å²) in [7, 11) is -1.88. The highest BCUT2D eigenvalue weighted by atomic mass is 32.2. The number of piperidine rings is 1. The Morgan fingerprint density at radius 3 is 2.74 bits per heavy atom. The van der Waals surface area contributed by atoms with Crippen LogP contribution < -0.4 is 4.74 Å². The Balaban J connectivity index is 1.73. The van der Waals surface area contributed by atoms with Crippen LogP contribution in [0.4, 0.5) is 0 Å². The summed E-state index contributed by atoms with van der Waals surface area (Å²) in [4.78, 5) is 0.320. The summed E-state index contributed by atoms with van der Waals surface area (Å²) in [6.07, 6.45) is 4.47. The molecule has 1 aromatic heterocycles. The molecule has 124 valence electrons. The summed E-state index contributed by atoms with van der Waals surface area (Å²) < 4.78 is 32.3. The van der Waals surface area contributed by atoms with Crippen molar-refractivity contribution < 1.29 is 13.2 Å². The lowest BCUT2D eigenvalue weighted by Crippen LogP contribution is -2.40. The van der Waals surface area contributed by atoms with Crippen LogP contribution in [0.3, 0.4) is 0 Å². The molecule has 23 heavy (non-hydrogen) atoms. The number of nitrogens with zero attached hydrogens (tertiary/aromatic N) is 2. The number of benzene rings is 1. The maximum atomic E-state index is 12.8. The number of hydrogen-bond acceptors (Lipinski definition) is 4. The summed E-state index contributed by atoms with van der Waals surface area (Å²) in [6.45, 7) is 1.13. The molecule has 0 amide bonds. The minimum atomic E-state index is -3.45. The second kappa shape index (κ2) is 6.72. The molecule has 1 atom stereocenters. The van der Waals surface area contributed by atoms with Crippen molar-refractivity contribution in [3.63, 3.8) is 0 Å². The zero-order valence-electron chi connectivity index (χ0n) is 13.1. The fraction of sp³-hybridized carbons (Fsp3) is 0.438. The number of nitrogens with one attached hydrogen (secondary N) is 1. The van der Waals surface area contributed by atoms with Gasteiger partial charge in [-0.15, -0.1) is 0 Å². The molecule has 1 N–H and O–H groups in total. The predicted octanol–water partition coefficient (Wildman–Crippen LogP) is 2.06. The molecule has 0 aliphatic carbocycles. The Morgan fingerprint density at radius 1 is 1.30 bits per heavy atom. The van der Waals surface area contributed by atoms with Gasteiger partial charge in [0, 0.05) is 25.0 Å². The fourth-order valence-corrected chi connectivity index (χ4v) is 4.57. The maximum Gasteiger partial charge on any atom is 0.243 e. The maximum absolute atomic E-state index is 12.8. The Labute approximate surface area is 136 Å². The van der Waals surface area contributed by atoms with Crippen molar-refractivity contribution in [2.75, 3.05) is 20.2 Å². The van der Waals surface area contributed by atoms with Crippen molar-refractivity contribution in [1.29, 1.82) is 0 Å². The molecule has 1 aromatic carbocycles. The van der Waals surface area contributed by atoms with Gasteiger partial charge in [0.05, 0.1) is 12.0 Å². The molecule has 0 radical (unpaired) electrons. The van der Waals surface area contributed by atoms with Crippen LogP contribution >= 0.6 is 0 Å². The van der Waals surface area contributed by atoms with Crippen LogP contribution in [0, 0.1) is 5.92 Å². The third-order valence-electron chi connectivity index (χ3n) is 4.25. The van der Waals surface area contributed by atoms with Crippen LogP contribution in [0.1, 0.15) is 18.5 Å². The number of aromatic nitrogens is 2. The standard InChI is InChI=1S/C16H21N3O3S/c1-22-15-4-6-16(7-5-15)23(20,21)19-10-2-3-13(12-19)11-14-8-9-17-18-14/h4-9,13H,2-3,10-12H2,1H3,(H,17,18)/t13-/m0/s1. The summed E-state index contributed by atoms with van der Waals surface area (Å²) in [5.74, 6) is 0.969. The van der Waals surface area contributed by atoms with Gasteiger partial charge in [-0.25, -0.2) is 8.42 Å². The first-order valence-electron chi connectivity index (χ1n) is 7.72. The van der Waals surface area contributed by atoms with Crippen molar-refractivity contribution >= 4 is 10.0 Å². The molecule has 1 saturated heterocycles. The summed E-state index contributed by atoms with van der Waals surface area (Å²) >= 11 is 0. The van der Waals surface area contributed by atoms with Crippen LogP contribution in [0.2, 0.25) is 0 Å². The lowest BCUT2D eigenvalue weighted by atomic mass is 9.95. The predicted molar refractivity (Wildman–Crippen MR) is 86.8 cm³/mol. The van der Waals surface area contributed by atoms with Gasteiger partial charge in [0.25, 0.3) is 0 Å². The topological polar surface area (TPSA) is 75.3 Å². The number of H-pyrrole nitrogens is 1. The van der Waals surface area contributed by atoms with E-state index in [1.807, 2.05) is 6.07 Å². The third kappa shape index (κ3) is 3.56. The van der Waals surface area contributed by atoms with Crippen molar-refractivity contribution in [3.8, 4) is 5.75 Å². The van der Waals surface area contributed by atoms with Crippen molar-refractivity contribution in [1.82, 2.24) is 14.5 Å². The van der Waals surface area contributed by atoms with E-state index in [1.165, 1.54) is 0 Å². The summed E-state index contributed by atoms with van der Waals surface area (Å²) in [5, 5.41) is 6.90. The number of hydrogen-bond donors (Lipinski definition) is 1. The zero-order valence-corrected chi connectivity index (χ0v) is 13.9. The van der Waals surface area contributed by atoms with Gasteiger partial charge in [-0.05, 0) is 55.5 Å². The van der Waals surface area contributed by atoms with E-state index in [-0.39, 0.29) is 0 Å². The summed E-state index contributed by atoms with van der Waals surface area (Å²) in [5.41, 5.74) is 1.05. The van der Waals surface area contributed by atoms with Gasteiger partial charge in [0.15, 0.2) is 0 Å². The molecule has 0 unspecified atom stereocenters. The quantitative estimate of drug-likeness (QED) is 0.907. The Hall–Kier alpha value is -1.86. The number of sulfonamides is 1. The van der Waals surface area contributed by atoms with Crippen molar-refractivity contribution in [2.45, 2.75) is 24.2 Å². The molecule has 3 rings (SSSR count). The molecular weight excluding hydrogens is 314 g/mol. The van der Waals surface area contributed by atoms with E-state index < -0.39 is 10.0 Å². The molecule has 0 bridgehead atoms. The van der Waals surface area contributed by atoms with Crippen molar-refractivity contribution in [3.05, 3.63) is 42.2 Å². The highest BCUT2D eigenvalue weighted by Gasteiger charge is 2.30. The number of methoxy groups -OCH3 is 1. The lowest BCUT2D eigenvalue weighted by molar-refractivity contribution is 0.264. The van der Waals surface area contributed by atoms with E-state index in [0.29, 0.717) is 29.7 Å². The van der Waals surface area contributed by atoms with Crippen LogP contribution in [0.25, 0.3) is 0 Å². The van der Waals surface area contributed by atoms with Gasteiger partial charge in [-0.2, -0.15) is 9.40 Å². The monoisotopic (exact) mass is 335 g/mol. The van der Waals surface area contributed by atoms with Gasteiger partial charge in [-0.3, -0.25) is 5.10 Å². The SMILES string of the molecule is COc1ccc(S(=O)(=O)N2CCC[C@@H](Cc3ccn[nH]3)C2)cc1. The van der Waals surface area contributed by atoms with Crippen LogP contribution in [0.15, 0.2) is 41.4 Å². The Bertz CT molecular complexity index is 726. The van der Waals surface area contributed by atoms with E-state index in [1.54, 1.807) is 41.9 Å². The normalized spacial score (nSPS) is 19.6. The molecule has 2 heterocycles. The van der Waals surface area contributed by atoms with Crippen LogP contribution in [0.5, 0.6) is 5.75 Å². The average molecular weight is 335 g/mol.